The van der Waals surface area contributed by atoms with Crippen LogP contribution >= 0.6 is 11.8 Å². The van der Waals surface area contributed by atoms with E-state index in [1.54, 1.807) is 31.2 Å². The molecule has 0 amide bonds. The first kappa shape index (κ1) is 24.3. The van der Waals surface area contributed by atoms with E-state index in [1.807, 2.05) is 0 Å². The SMILES string of the molecule is C=CCOC(=O)C1=C(C)Nc2nc(SCC(C)C)[nH]c(=O)c2[C@H]1c1ccc(C(=O)OC)cc1. The molecule has 0 radical (unpaired) electrons. The molecule has 9 heteroatoms. The lowest BCUT2D eigenvalue weighted by molar-refractivity contribution is -0.138. The molecular formula is C24H27N3O5S. The van der Waals surface area contributed by atoms with Gasteiger partial charge in [-0.05, 0) is 30.5 Å². The van der Waals surface area contributed by atoms with Crippen LogP contribution in [0.15, 0.2) is 58.1 Å². The highest BCUT2D eigenvalue weighted by Crippen LogP contribution is 2.40. The van der Waals surface area contributed by atoms with Crippen LogP contribution in [0.2, 0.25) is 0 Å². The fourth-order valence-corrected chi connectivity index (χ4v) is 4.30. The molecule has 1 atom stereocenters. The van der Waals surface area contributed by atoms with E-state index in [0.717, 1.165) is 5.75 Å². The Morgan fingerprint density at radius 1 is 1.24 bits per heavy atom. The van der Waals surface area contributed by atoms with Gasteiger partial charge in [-0.3, -0.25) is 4.79 Å². The number of esters is 2. The standard InChI is InChI=1S/C24H27N3O5S/c1-6-11-32-23(30)17-14(4)25-20-19(21(28)27-24(26-20)33-12-13(2)3)18(17)15-7-9-16(10-8-15)22(29)31-5/h6-10,13,18H,1,11-12H2,2-5H3,(H2,25,26,27,28)/t18-/m0/s1. The maximum atomic E-state index is 13.2. The minimum atomic E-state index is -0.731. The van der Waals surface area contributed by atoms with E-state index in [2.05, 4.69) is 35.7 Å². The second-order valence-corrected chi connectivity index (χ2v) is 8.94. The number of hydrogen-bond acceptors (Lipinski definition) is 8. The number of H-pyrrole nitrogens is 1. The van der Waals surface area contributed by atoms with Crippen LogP contribution in [0.1, 0.15) is 48.2 Å². The van der Waals surface area contributed by atoms with Crippen molar-refractivity contribution in [1.82, 2.24) is 9.97 Å². The molecule has 0 saturated carbocycles. The Labute approximate surface area is 196 Å². The molecule has 1 aliphatic rings. The number of anilines is 1. The van der Waals surface area contributed by atoms with Crippen molar-refractivity contribution >= 4 is 29.5 Å². The molecule has 8 nitrogen and oxygen atoms in total. The van der Waals surface area contributed by atoms with Gasteiger partial charge in [0, 0.05) is 11.4 Å². The van der Waals surface area contributed by atoms with E-state index in [4.69, 9.17) is 9.47 Å². The molecule has 33 heavy (non-hydrogen) atoms. The third-order valence-electron chi connectivity index (χ3n) is 4.99. The molecular weight excluding hydrogens is 442 g/mol. The maximum Gasteiger partial charge on any atom is 0.337 e. The summed E-state index contributed by atoms with van der Waals surface area (Å²) in [5.41, 5.74) is 1.80. The van der Waals surface area contributed by atoms with Gasteiger partial charge in [0.2, 0.25) is 0 Å². The molecule has 0 spiro atoms. The Kier molecular flexibility index (Phi) is 7.75. The van der Waals surface area contributed by atoms with Crippen LogP contribution < -0.4 is 10.9 Å². The first-order chi connectivity index (χ1) is 15.8. The number of benzene rings is 1. The summed E-state index contributed by atoms with van der Waals surface area (Å²) in [6.45, 7) is 9.53. The number of nitrogens with one attached hydrogen (secondary N) is 2. The minimum absolute atomic E-state index is 0.0376. The summed E-state index contributed by atoms with van der Waals surface area (Å²) in [6.07, 6.45) is 1.48. The van der Waals surface area contributed by atoms with Crippen molar-refractivity contribution in [2.75, 3.05) is 24.8 Å². The van der Waals surface area contributed by atoms with Crippen LogP contribution in [0.5, 0.6) is 0 Å². The summed E-state index contributed by atoms with van der Waals surface area (Å²) in [7, 11) is 1.30. The van der Waals surface area contributed by atoms with E-state index in [1.165, 1.54) is 24.9 Å². The van der Waals surface area contributed by atoms with Crippen molar-refractivity contribution in [2.24, 2.45) is 5.92 Å². The summed E-state index contributed by atoms with van der Waals surface area (Å²) in [6, 6.07) is 6.58. The largest absolute Gasteiger partial charge is 0.465 e. The predicted molar refractivity (Wildman–Crippen MR) is 128 cm³/mol. The predicted octanol–water partition coefficient (Wildman–Crippen LogP) is 3.87. The van der Waals surface area contributed by atoms with Gasteiger partial charge in [0.1, 0.15) is 12.4 Å². The van der Waals surface area contributed by atoms with Crippen LogP contribution in [-0.2, 0) is 14.3 Å². The summed E-state index contributed by atoms with van der Waals surface area (Å²) in [5.74, 6) is -0.149. The van der Waals surface area contributed by atoms with Crippen molar-refractivity contribution in [1.29, 1.82) is 0 Å². The van der Waals surface area contributed by atoms with Crippen LogP contribution in [0.4, 0.5) is 5.82 Å². The molecule has 0 unspecified atom stereocenters. The molecule has 0 saturated heterocycles. The van der Waals surface area contributed by atoms with Gasteiger partial charge >= 0.3 is 11.9 Å². The van der Waals surface area contributed by atoms with Gasteiger partial charge in [0.15, 0.2) is 5.16 Å². The van der Waals surface area contributed by atoms with E-state index < -0.39 is 17.9 Å². The second-order valence-electron chi connectivity index (χ2n) is 7.94. The maximum absolute atomic E-state index is 13.2. The van der Waals surface area contributed by atoms with E-state index in [0.29, 0.717) is 44.9 Å². The number of fused-ring (bicyclic) bond motifs is 1. The number of nitrogens with zero attached hydrogens (tertiary/aromatic N) is 1. The van der Waals surface area contributed by atoms with Gasteiger partial charge in [-0.2, -0.15) is 0 Å². The van der Waals surface area contributed by atoms with E-state index in [-0.39, 0.29) is 12.2 Å². The normalized spacial score (nSPS) is 15.0. The van der Waals surface area contributed by atoms with Gasteiger partial charge in [-0.15, -0.1) is 0 Å². The van der Waals surface area contributed by atoms with Gasteiger partial charge in [0.25, 0.3) is 5.56 Å². The number of aromatic nitrogens is 2. The highest BCUT2D eigenvalue weighted by atomic mass is 32.2. The number of hydrogen-bond donors (Lipinski definition) is 2. The number of rotatable bonds is 8. The molecule has 0 fully saturated rings. The smallest absolute Gasteiger partial charge is 0.337 e. The molecule has 0 bridgehead atoms. The summed E-state index contributed by atoms with van der Waals surface area (Å²) in [4.78, 5) is 45.5. The van der Waals surface area contributed by atoms with Crippen LogP contribution in [-0.4, -0.2) is 41.4 Å². The number of methoxy groups -OCH3 is 1. The Morgan fingerprint density at radius 3 is 2.55 bits per heavy atom. The van der Waals surface area contributed by atoms with Crippen molar-refractivity contribution < 1.29 is 19.1 Å². The van der Waals surface area contributed by atoms with Gasteiger partial charge in [-0.1, -0.05) is 50.4 Å². The third-order valence-corrected chi connectivity index (χ3v) is 6.29. The first-order valence-corrected chi connectivity index (χ1v) is 11.5. The van der Waals surface area contributed by atoms with Crippen LogP contribution in [0.3, 0.4) is 0 Å². The number of carbonyl (C=O) groups excluding carboxylic acids is 2. The Balaban J connectivity index is 2.13. The van der Waals surface area contributed by atoms with E-state index >= 15 is 0 Å². The van der Waals surface area contributed by atoms with E-state index in [9.17, 15) is 14.4 Å². The number of carbonyl (C=O) groups is 2. The topological polar surface area (TPSA) is 110 Å². The number of ether oxygens (including phenoxy) is 2. The zero-order chi connectivity index (χ0) is 24.1. The van der Waals surface area contributed by atoms with Crippen molar-refractivity contribution in [3.8, 4) is 0 Å². The Hall–Kier alpha value is -3.33. The lowest BCUT2D eigenvalue weighted by atomic mass is 9.82. The molecule has 2 aromatic rings. The Bertz CT molecular complexity index is 1150. The molecule has 2 heterocycles. The summed E-state index contributed by atoms with van der Waals surface area (Å²) < 4.78 is 10.1. The minimum Gasteiger partial charge on any atom is -0.465 e. The van der Waals surface area contributed by atoms with Crippen molar-refractivity contribution in [3.63, 3.8) is 0 Å². The molecule has 0 aliphatic carbocycles. The van der Waals surface area contributed by atoms with Crippen LogP contribution in [0.25, 0.3) is 0 Å². The van der Waals surface area contributed by atoms with Gasteiger partial charge < -0.3 is 19.8 Å². The number of aromatic amines is 1. The monoisotopic (exact) mass is 469 g/mol. The number of thioether (sulfide) groups is 1. The molecule has 174 valence electrons. The average molecular weight is 470 g/mol. The molecule has 3 rings (SSSR count). The van der Waals surface area contributed by atoms with Gasteiger partial charge in [-0.25, -0.2) is 14.6 Å². The lowest BCUT2D eigenvalue weighted by Crippen LogP contribution is -2.31. The zero-order valence-corrected chi connectivity index (χ0v) is 19.9. The fourth-order valence-electron chi connectivity index (χ4n) is 3.49. The number of allylic oxidation sites excluding steroid dienone is 1. The highest BCUT2D eigenvalue weighted by Gasteiger charge is 2.36. The second kappa shape index (κ2) is 10.5. The zero-order valence-electron chi connectivity index (χ0n) is 19.1. The average Bonchev–Trinajstić information content (AvgIpc) is 2.79. The molecule has 1 aromatic carbocycles. The van der Waals surface area contributed by atoms with Crippen molar-refractivity contribution in [3.05, 3.63) is 75.2 Å². The lowest BCUT2D eigenvalue weighted by Gasteiger charge is -2.29. The fraction of sp³-hybridized carbons (Fsp3) is 0.333. The summed E-state index contributed by atoms with van der Waals surface area (Å²) >= 11 is 1.46. The van der Waals surface area contributed by atoms with Crippen molar-refractivity contribution in [2.45, 2.75) is 31.8 Å². The molecule has 1 aromatic heterocycles. The van der Waals surface area contributed by atoms with Crippen LogP contribution in [0, 0.1) is 5.92 Å². The molecule has 2 N–H and O–H groups in total. The Morgan fingerprint density at radius 2 is 1.94 bits per heavy atom. The summed E-state index contributed by atoms with van der Waals surface area (Å²) in [5, 5.41) is 3.61. The quantitative estimate of drug-likeness (QED) is 0.260. The highest BCUT2D eigenvalue weighted by molar-refractivity contribution is 7.99. The third kappa shape index (κ3) is 5.36. The first-order valence-electron chi connectivity index (χ1n) is 10.5. The molecule has 1 aliphatic heterocycles. The van der Waals surface area contributed by atoms with Gasteiger partial charge in [0.05, 0.1) is 29.7 Å².